The number of anilines is 4. The van der Waals surface area contributed by atoms with Crippen molar-refractivity contribution in [1.82, 2.24) is 20.3 Å². The van der Waals surface area contributed by atoms with Gasteiger partial charge >= 0.3 is 0 Å². The smallest absolute Gasteiger partial charge is 0.229 e. The Labute approximate surface area is 221 Å². The molecule has 10 heteroatoms. The molecule has 2 aromatic carbocycles. The van der Waals surface area contributed by atoms with E-state index in [9.17, 15) is 8.42 Å². The molecule has 0 radical (unpaired) electrons. The molecule has 0 aliphatic carbocycles. The Kier molecular flexibility index (Phi) is 7.28. The van der Waals surface area contributed by atoms with E-state index in [-0.39, 0.29) is 9.92 Å². The molecule has 3 heterocycles. The first-order valence-electron chi connectivity index (χ1n) is 12.3. The van der Waals surface area contributed by atoms with Gasteiger partial charge in [0.2, 0.25) is 5.95 Å². The summed E-state index contributed by atoms with van der Waals surface area (Å²) in [6.45, 7) is 5.35. The molecule has 3 N–H and O–H groups in total. The number of piperidine rings is 1. The van der Waals surface area contributed by atoms with Crippen LogP contribution in [-0.4, -0.2) is 41.7 Å². The Morgan fingerprint density at radius 1 is 0.973 bits per heavy atom. The zero-order valence-corrected chi connectivity index (χ0v) is 22.3. The van der Waals surface area contributed by atoms with Gasteiger partial charge in [0, 0.05) is 17.8 Å². The van der Waals surface area contributed by atoms with Crippen LogP contribution in [0.4, 0.5) is 23.1 Å². The number of fused-ring (bicyclic) bond motifs is 1. The van der Waals surface area contributed by atoms with Crippen molar-refractivity contribution >= 4 is 55.4 Å². The van der Waals surface area contributed by atoms with E-state index in [1.54, 1.807) is 38.1 Å². The summed E-state index contributed by atoms with van der Waals surface area (Å²) in [5.41, 5.74) is 2.56. The summed E-state index contributed by atoms with van der Waals surface area (Å²) in [5, 5.41) is 11.7. The number of hydrogen-bond acceptors (Lipinski definition) is 8. The average molecular weight is 537 g/mol. The number of nitrogens with one attached hydrogen (secondary N) is 3. The molecule has 37 heavy (non-hydrogen) atoms. The predicted molar refractivity (Wildman–Crippen MR) is 149 cm³/mol. The maximum absolute atomic E-state index is 12.9. The fourth-order valence-electron chi connectivity index (χ4n) is 4.65. The largest absolute Gasteiger partial charge is 0.338 e. The first-order valence-corrected chi connectivity index (χ1v) is 14.2. The van der Waals surface area contributed by atoms with Crippen LogP contribution in [0.1, 0.15) is 38.2 Å². The van der Waals surface area contributed by atoms with Crippen molar-refractivity contribution in [2.24, 2.45) is 0 Å². The number of para-hydroxylation sites is 1. The lowest BCUT2D eigenvalue weighted by Crippen LogP contribution is -2.26. The van der Waals surface area contributed by atoms with Crippen molar-refractivity contribution in [3.63, 3.8) is 0 Å². The van der Waals surface area contributed by atoms with E-state index in [0.29, 0.717) is 23.4 Å². The third-order valence-corrected chi connectivity index (χ3v) is 9.18. The van der Waals surface area contributed by atoms with E-state index in [0.717, 1.165) is 42.4 Å². The molecule has 0 spiro atoms. The fraction of sp³-hybridized carbons (Fsp3) is 0.296. The van der Waals surface area contributed by atoms with Crippen molar-refractivity contribution in [1.29, 1.82) is 0 Å². The number of rotatable bonds is 7. The molecular weight excluding hydrogens is 508 g/mol. The quantitative estimate of drug-likeness (QED) is 0.271. The topological polar surface area (TPSA) is 109 Å². The van der Waals surface area contributed by atoms with Crippen molar-refractivity contribution in [2.75, 3.05) is 23.7 Å². The van der Waals surface area contributed by atoms with E-state index in [4.69, 9.17) is 11.6 Å². The molecule has 0 bridgehead atoms. The molecule has 1 aliphatic heterocycles. The van der Waals surface area contributed by atoms with E-state index in [2.05, 4.69) is 43.0 Å². The Balaban J connectivity index is 1.47. The second kappa shape index (κ2) is 10.6. The Morgan fingerprint density at radius 3 is 2.54 bits per heavy atom. The lowest BCUT2D eigenvalue weighted by molar-refractivity contribution is 0.462. The SMILES string of the molecule is CC(C)S(=O)(=O)c1ccccc1Nc1nc(Nc2ccc(C3CCNCC3)c3ccncc23)ncc1Cl. The van der Waals surface area contributed by atoms with Crippen LogP contribution in [0.25, 0.3) is 10.8 Å². The van der Waals surface area contributed by atoms with Gasteiger partial charge in [0.15, 0.2) is 15.7 Å². The Morgan fingerprint density at radius 2 is 1.76 bits per heavy atom. The summed E-state index contributed by atoms with van der Waals surface area (Å²) < 4.78 is 25.7. The van der Waals surface area contributed by atoms with Gasteiger partial charge in [0.1, 0.15) is 5.02 Å². The number of benzene rings is 2. The zero-order chi connectivity index (χ0) is 26.0. The van der Waals surface area contributed by atoms with Crippen LogP contribution < -0.4 is 16.0 Å². The van der Waals surface area contributed by atoms with E-state index < -0.39 is 15.1 Å². The minimum atomic E-state index is -3.51. The first kappa shape index (κ1) is 25.4. The monoisotopic (exact) mass is 536 g/mol. The predicted octanol–water partition coefficient (Wildman–Crippen LogP) is 5.81. The number of pyridine rings is 1. The zero-order valence-electron chi connectivity index (χ0n) is 20.7. The van der Waals surface area contributed by atoms with E-state index >= 15 is 0 Å². The van der Waals surface area contributed by atoms with Crippen molar-refractivity contribution in [2.45, 2.75) is 42.8 Å². The number of hydrogen-bond donors (Lipinski definition) is 3. The third kappa shape index (κ3) is 5.25. The lowest BCUT2D eigenvalue weighted by atomic mass is 9.87. The number of halogens is 1. The molecule has 0 atom stereocenters. The number of aromatic nitrogens is 3. The van der Waals surface area contributed by atoms with Crippen LogP contribution in [0.15, 0.2) is 66.0 Å². The van der Waals surface area contributed by atoms with Crippen molar-refractivity contribution in [3.8, 4) is 0 Å². The molecular formula is C27H29ClN6O2S. The van der Waals surface area contributed by atoms with Gasteiger partial charge in [-0.1, -0.05) is 29.8 Å². The van der Waals surface area contributed by atoms with Crippen LogP contribution >= 0.6 is 11.6 Å². The molecule has 0 unspecified atom stereocenters. The normalized spacial score (nSPS) is 14.7. The molecule has 5 rings (SSSR count). The van der Waals surface area contributed by atoms with Gasteiger partial charge in [-0.25, -0.2) is 13.4 Å². The fourth-order valence-corrected chi connectivity index (χ4v) is 5.99. The summed E-state index contributed by atoms with van der Waals surface area (Å²) in [5.74, 6) is 1.14. The summed E-state index contributed by atoms with van der Waals surface area (Å²) in [6, 6.07) is 13.0. The molecule has 0 saturated carbocycles. The molecule has 0 amide bonds. The lowest BCUT2D eigenvalue weighted by Gasteiger charge is -2.25. The number of sulfone groups is 1. The third-order valence-electron chi connectivity index (χ3n) is 6.69. The van der Waals surface area contributed by atoms with E-state index in [1.807, 2.05) is 18.5 Å². The average Bonchev–Trinajstić information content (AvgIpc) is 2.91. The highest BCUT2D eigenvalue weighted by atomic mass is 35.5. The summed E-state index contributed by atoms with van der Waals surface area (Å²) in [6.07, 6.45) is 7.37. The van der Waals surface area contributed by atoms with Gasteiger partial charge < -0.3 is 16.0 Å². The van der Waals surface area contributed by atoms with E-state index in [1.165, 1.54) is 11.8 Å². The minimum Gasteiger partial charge on any atom is -0.338 e. The van der Waals surface area contributed by atoms with Gasteiger partial charge in [-0.2, -0.15) is 4.98 Å². The second-order valence-corrected chi connectivity index (χ2v) is 12.3. The van der Waals surface area contributed by atoms with Crippen LogP contribution in [0.2, 0.25) is 5.02 Å². The van der Waals surface area contributed by atoms with Crippen molar-refractivity contribution < 1.29 is 8.42 Å². The highest BCUT2D eigenvalue weighted by Gasteiger charge is 2.23. The Bertz CT molecular complexity index is 1540. The molecule has 192 valence electrons. The highest BCUT2D eigenvalue weighted by Crippen LogP contribution is 2.36. The molecule has 1 fully saturated rings. The van der Waals surface area contributed by atoms with Crippen LogP contribution in [-0.2, 0) is 9.84 Å². The maximum atomic E-state index is 12.9. The molecule has 4 aromatic rings. The Hall–Kier alpha value is -3.27. The molecule has 8 nitrogen and oxygen atoms in total. The maximum Gasteiger partial charge on any atom is 0.229 e. The van der Waals surface area contributed by atoms with Gasteiger partial charge in [-0.3, -0.25) is 4.98 Å². The molecule has 2 aromatic heterocycles. The second-order valence-electron chi connectivity index (χ2n) is 9.38. The summed E-state index contributed by atoms with van der Waals surface area (Å²) in [7, 11) is -3.51. The van der Waals surface area contributed by atoms with Crippen molar-refractivity contribution in [3.05, 3.63) is 71.6 Å². The van der Waals surface area contributed by atoms with Gasteiger partial charge in [0.05, 0.1) is 27.7 Å². The molecule has 1 saturated heterocycles. The summed E-state index contributed by atoms with van der Waals surface area (Å²) >= 11 is 6.40. The summed E-state index contributed by atoms with van der Waals surface area (Å²) in [4.78, 5) is 13.5. The van der Waals surface area contributed by atoms with Gasteiger partial charge in [-0.05, 0) is 80.9 Å². The minimum absolute atomic E-state index is 0.194. The highest BCUT2D eigenvalue weighted by molar-refractivity contribution is 7.92. The van der Waals surface area contributed by atoms with Crippen LogP contribution in [0.5, 0.6) is 0 Å². The number of nitrogens with zero attached hydrogens (tertiary/aromatic N) is 3. The first-order chi connectivity index (χ1) is 17.8. The van der Waals surface area contributed by atoms with Crippen LogP contribution in [0, 0.1) is 0 Å². The van der Waals surface area contributed by atoms with Gasteiger partial charge in [0.25, 0.3) is 0 Å². The van der Waals surface area contributed by atoms with Crippen LogP contribution in [0.3, 0.4) is 0 Å². The standard InChI is InChI=1S/C27H29ClN6O2S/c1-17(2)37(35,36)25-6-4-3-5-24(25)32-26-22(28)16-31-27(34-26)33-23-8-7-19(18-9-12-29-13-10-18)20-11-14-30-15-21(20)23/h3-8,11,14-18,29H,9-10,12-13H2,1-2H3,(H2,31,32,33,34). The molecule has 1 aliphatic rings. The van der Waals surface area contributed by atoms with Gasteiger partial charge in [-0.15, -0.1) is 0 Å².